The van der Waals surface area contributed by atoms with Gasteiger partial charge in [-0.05, 0) is 13.0 Å². The molecule has 2 N–H and O–H groups in total. The summed E-state index contributed by atoms with van der Waals surface area (Å²) in [6.45, 7) is 2.35. The highest BCUT2D eigenvalue weighted by molar-refractivity contribution is 7.99. The lowest BCUT2D eigenvalue weighted by atomic mass is 10.3. The van der Waals surface area contributed by atoms with E-state index in [1.54, 1.807) is 17.7 Å². The second-order valence-electron chi connectivity index (χ2n) is 4.68. The maximum absolute atomic E-state index is 12.0. The van der Waals surface area contributed by atoms with Crippen molar-refractivity contribution in [3.8, 4) is 0 Å². The second-order valence-corrected chi connectivity index (χ2v) is 7.00. The smallest absolute Gasteiger partial charge is 0.223 e. The number of fused-ring (bicyclic) bond motifs is 1. The number of rotatable bonds is 8. The lowest BCUT2D eigenvalue weighted by molar-refractivity contribution is -0.131. The number of nitrogens with zero attached hydrogens (tertiary/aromatic N) is 3. The molecular formula is C14H19N3O3S2. The summed E-state index contributed by atoms with van der Waals surface area (Å²) in [4.78, 5) is 24.2. The van der Waals surface area contributed by atoms with Crippen molar-refractivity contribution in [2.45, 2.75) is 18.4 Å². The largest absolute Gasteiger partial charge is 0.395 e. The van der Waals surface area contributed by atoms with Gasteiger partial charge in [0.15, 0.2) is 0 Å². The zero-order valence-electron chi connectivity index (χ0n) is 12.4. The number of carbonyl (C=O) groups excluding carboxylic acids is 1. The number of hydrogen-bond donors (Lipinski definition) is 2. The Morgan fingerprint density at radius 2 is 2.05 bits per heavy atom. The zero-order chi connectivity index (χ0) is 15.9. The standard InChI is InChI=1S/C14H19N3O3S2/c1-10-8-11-13(15-9-16-14(11)22-10)21-7-2-12(20)17(3-5-18)4-6-19/h8-9,18-19H,2-7H2,1H3. The molecule has 2 aromatic heterocycles. The Morgan fingerprint density at radius 3 is 2.73 bits per heavy atom. The molecule has 22 heavy (non-hydrogen) atoms. The summed E-state index contributed by atoms with van der Waals surface area (Å²) in [6, 6.07) is 2.06. The van der Waals surface area contributed by atoms with Crippen LogP contribution in [0.4, 0.5) is 0 Å². The van der Waals surface area contributed by atoms with Crippen molar-refractivity contribution >= 4 is 39.2 Å². The number of aromatic nitrogens is 2. The first-order valence-electron chi connectivity index (χ1n) is 6.99. The van der Waals surface area contributed by atoms with Crippen molar-refractivity contribution < 1.29 is 15.0 Å². The number of aryl methyl sites for hydroxylation is 1. The first-order chi connectivity index (χ1) is 10.7. The van der Waals surface area contributed by atoms with Gasteiger partial charge in [-0.2, -0.15) is 0 Å². The van der Waals surface area contributed by atoms with E-state index < -0.39 is 0 Å². The first-order valence-corrected chi connectivity index (χ1v) is 8.79. The number of hydrogen-bond acceptors (Lipinski definition) is 7. The van der Waals surface area contributed by atoms with Gasteiger partial charge in [0.2, 0.25) is 5.91 Å². The summed E-state index contributed by atoms with van der Waals surface area (Å²) in [5.41, 5.74) is 0. The van der Waals surface area contributed by atoms with Crippen LogP contribution in [0.2, 0.25) is 0 Å². The summed E-state index contributed by atoms with van der Waals surface area (Å²) in [7, 11) is 0. The molecule has 0 fully saturated rings. The second kappa shape index (κ2) is 8.42. The number of thioether (sulfide) groups is 1. The van der Waals surface area contributed by atoms with Gasteiger partial charge in [0, 0.05) is 35.5 Å². The average Bonchev–Trinajstić information content (AvgIpc) is 2.88. The fourth-order valence-corrected chi connectivity index (χ4v) is 3.88. The fourth-order valence-electron chi connectivity index (χ4n) is 2.07. The van der Waals surface area contributed by atoms with Crippen molar-refractivity contribution in [3.05, 3.63) is 17.3 Å². The highest BCUT2D eigenvalue weighted by atomic mass is 32.2. The van der Waals surface area contributed by atoms with Gasteiger partial charge >= 0.3 is 0 Å². The van der Waals surface area contributed by atoms with Crippen LogP contribution in [0.1, 0.15) is 11.3 Å². The summed E-state index contributed by atoms with van der Waals surface area (Å²) in [5.74, 6) is 0.537. The first kappa shape index (κ1) is 17.1. The molecule has 6 nitrogen and oxygen atoms in total. The quantitative estimate of drug-likeness (QED) is 0.556. The maximum Gasteiger partial charge on any atom is 0.223 e. The molecule has 0 atom stereocenters. The minimum absolute atomic E-state index is 0.0672. The zero-order valence-corrected chi connectivity index (χ0v) is 14.0. The molecule has 0 aliphatic heterocycles. The predicted octanol–water partition coefficient (Wildman–Crippen LogP) is 1.30. The van der Waals surface area contributed by atoms with Gasteiger partial charge in [-0.15, -0.1) is 23.1 Å². The predicted molar refractivity (Wildman–Crippen MR) is 88.2 cm³/mol. The average molecular weight is 341 g/mol. The molecule has 0 spiro atoms. The van der Waals surface area contributed by atoms with Gasteiger partial charge in [-0.1, -0.05) is 0 Å². The number of aliphatic hydroxyl groups is 2. The van der Waals surface area contributed by atoms with Crippen LogP contribution in [0.15, 0.2) is 17.4 Å². The topological polar surface area (TPSA) is 86.6 Å². The molecule has 0 saturated carbocycles. The fraction of sp³-hybridized carbons (Fsp3) is 0.500. The molecule has 0 radical (unpaired) electrons. The van der Waals surface area contributed by atoms with Crippen molar-refractivity contribution in [3.63, 3.8) is 0 Å². The number of thiophene rings is 1. The Morgan fingerprint density at radius 1 is 1.32 bits per heavy atom. The van der Waals surface area contributed by atoms with E-state index in [0.717, 1.165) is 15.2 Å². The molecule has 0 saturated heterocycles. The minimum atomic E-state index is -0.0976. The van der Waals surface area contributed by atoms with Crippen LogP contribution in [-0.2, 0) is 4.79 Å². The monoisotopic (exact) mass is 341 g/mol. The highest BCUT2D eigenvalue weighted by Gasteiger charge is 2.13. The summed E-state index contributed by atoms with van der Waals surface area (Å²) in [6.07, 6.45) is 1.89. The van der Waals surface area contributed by atoms with Crippen LogP contribution in [-0.4, -0.2) is 63.0 Å². The van der Waals surface area contributed by atoms with Crippen molar-refractivity contribution in [1.82, 2.24) is 14.9 Å². The van der Waals surface area contributed by atoms with Crippen LogP contribution in [0.3, 0.4) is 0 Å². The van der Waals surface area contributed by atoms with Gasteiger partial charge in [0.05, 0.1) is 13.2 Å². The minimum Gasteiger partial charge on any atom is -0.395 e. The number of amides is 1. The van der Waals surface area contributed by atoms with Crippen LogP contribution in [0, 0.1) is 6.92 Å². The van der Waals surface area contributed by atoms with E-state index in [0.29, 0.717) is 12.2 Å². The third-order valence-corrected chi connectivity index (χ3v) is 5.03. The summed E-state index contributed by atoms with van der Waals surface area (Å²) < 4.78 is 0. The van der Waals surface area contributed by atoms with Gasteiger partial charge in [0.1, 0.15) is 16.2 Å². The molecular weight excluding hydrogens is 322 g/mol. The van der Waals surface area contributed by atoms with Crippen LogP contribution in [0.25, 0.3) is 10.2 Å². The third-order valence-electron chi connectivity index (χ3n) is 3.06. The van der Waals surface area contributed by atoms with E-state index in [1.165, 1.54) is 21.5 Å². The Bertz CT molecular complexity index is 627. The molecule has 2 rings (SSSR count). The van der Waals surface area contributed by atoms with Gasteiger partial charge in [-0.3, -0.25) is 4.79 Å². The van der Waals surface area contributed by atoms with E-state index in [2.05, 4.69) is 16.0 Å². The van der Waals surface area contributed by atoms with Gasteiger partial charge in [0.25, 0.3) is 0 Å². The molecule has 0 aliphatic rings. The van der Waals surface area contributed by atoms with E-state index in [4.69, 9.17) is 10.2 Å². The van der Waals surface area contributed by atoms with Crippen LogP contribution >= 0.6 is 23.1 Å². The van der Waals surface area contributed by atoms with Crippen molar-refractivity contribution in [2.75, 3.05) is 32.1 Å². The molecule has 0 bridgehead atoms. The van der Waals surface area contributed by atoms with E-state index in [-0.39, 0.29) is 32.2 Å². The molecule has 8 heteroatoms. The van der Waals surface area contributed by atoms with Crippen LogP contribution < -0.4 is 0 Å². The van der Waals surface area contributed by atoms with E-state index >= 15 is 0 Å². The summed E-state index contributed by atoms with van der Waals surface area (Å²) in [5, 5.41) is 19.8. The van der Waals surface area contributed by atoms with Crippen LogP contribution in [0.5, 0.6) is 0 Å². The molecule has 0 aliphatic carbocycles. The normalized spacial score (nSPS) is 11.0. The SMILES string of the molecule is Cc1cc2c(SCCC(=O)N(CCO)CCO)ncnc2s1. The third kappa shape index (κ3) is 4.39. The maximum atomic E-state index is 12.0. The van der Waals surface area contributed by atoms with Crippen molar-refractivity contribution in [2.24, 2.45) is 0 Å². The van der Waals surface area contributed by atoms with E-state index in [9.17, 15) is 4.79 Å². The molecule has 120 valence electrons. The van der Waals surface area contributed by atoms with Gasteiger partial charge < -0.3 is 15.1 Å². The molecule has 2 heterocycles. The van der Waals surface area contributed by atoms with Crippen molar-refractivity contribution in [1.29, 1.82) is 0 Å². The number of aliphatic hydroxyl groups excluding tert-OH is 2. The molecule has 1 amide bonds. The van der Waals surface area contributed by atoms with E-state index in [1.807, 2.05) is 6.92 Å². The summed E-state index contributed by atoms with van der Waals surface area (Å²) >= 11 is 3.16. The molecule has 0 aromatic carbocycles. The number of carbonyl (C=O) groups is 1. The Labute approximate surface area is 137 Å². The lowest BCUT2D eigenvalue weighted by Crippen LogP contribution is -2.36. The molecule has 2 aromatic rings. The Kier molecular flexibility index (Phi) is 6.56. The Balaban J connectivity index is 1.93. The Hall–Kier alpha value is -1.22. The van der Waals surface area contributed by atoms with Gasteiger partial charge in [-0.25, -0.2) is 9.97 Å². The highest BCUT2D eigenvalue weighted by Crippen LogP contribution is 2.30. The molecule has 0 unspecified atom stereocenters. The lowest BCUT2D eigenvalue weighted by Gasteiger charge is -2.20.